The summed E-state index contributed by atoms with van der Waals surface area (Å²) in [7, 11) is 0. The molecule has 0 fully saturated rings. The number of aryl methyl sites for hydroxylation is 1. The number of hydrogen-bond acceptors (Lipinski definition) is 1. The fourth-order valence-corrected chi connectivity index (χ4v) is 2.78. The molecular weight excluding hydrogens is 321 g/mol. The number of rotatable bonds is 8. The molecule has 0 aliphatic heterocycles. The van der Waals surface area contributed by atoms with Crippen LogP contribution in [0.25, 0.3) is 0 Å². The zero-order chi connectivity index (χ0) is 12.5. The first kappa shape index (κ1) is 14.9. The van der Waals surface area contributed by atoms with Gasteiger partial charge in [-0.1, -0.05) is 74.1 Å². The Morgan fingerprint density at radius 2 is 1.82 bits per heavy atom. The lowest BCUT2D eigenvalue weighted by atomic mass is 10.1. The van der Waals surface area contributed by atoms with E-state index >= 15 is 0 Å². The Morgan fingerprint density at radius 1 is 1.12 bits per heavy atom. The highest BCUT2D eigenvalue weighted by Gasteiger charge is 2.08. The molecule has 0 bridgehead atoms. The van der Waals surface area contributed by atoms with Gasteiger partial charge >= 0.3 is 0 Å². The van der Waals surface area contributed by atoms with Gasteiger partial charge in [-0.15, -0.1) is 0 Å². The molecule has 0 aliphatic carbocycles. The van der Waals surface area contributed by atoms with Crippen LogP contribution in [0.5, 0.6) is 0 Å². The molecule has 2 heteroatoms. The number of alkyl halides is 1. The molecule has 0 aliphatic rings. The first-order valence-corrected chi connectivity index (χ1v) is 8.06. The molecule has 1 heterocycles. The smallest absolute Gasteiger partial charge is 0.0535 e. The van der Waals surface area contributed by atoms with Crippen molar-refractivity contribution in [2.45, 2.75) is 62.7 Å². The summed E-state index contributed by atoms with van der Waals surface area (Å²) >= 11 is 2.53. The van der Waals surface area contributed by atoms with Gasteiger partial charge in [0.25, 0.3) is 0 Å². The van der Waals surface area contributed by atoms with Crippen molar-refractivity contribution in [1.82, 2.24) is 4.98 Å². The fourth-order valence-electron chi connectivity index (χ4n) is 1.99. The highest BCUT2D eigenvalue weighted by Crippen LogP contribution is 2.27. The Hall–Kier alpha value is -0.120. The van der Waals surface area contributed by atoms with Crippen molar-refractivity contribution in [1.29, 1.82) is 0 Å². The van der Waals surface area contributed by atoms with Crippen LogP contribution in [0.1, 0.15) is 67.2 Å². The molecule has 1 rings (SSSR count). The first-order valence-electron chi connectivity index (χ1n) is 6.81. The van der Waals surface area contributed by atoms with Gasteiger partial charge in [-0.3, -0.25) is 4.98 Å². The summed E-state index contributed by atoms with van der Waals surface area (Å²) in [6.07, 6.45) is 9.53. The van der Waals surface area contributed by atoms with Crippen LogP contribution in [0.3, 0.4) is 0 Å². The molecule has 0 aromatic carbocycles. The Bertz CT molecular complexity index is 312. The number of halogens is 1. The third kappa shape index (κ3) is 6.39. The maximum Gasteiger partial charge on any atom is 0.0535 e. The van der Waals surface area contributed by atoms with Gasteiger partial charge in [0.2, 0.25) is 0 Å². The predicted molar refractivity (Wildman–Crippen MR) is 83.7 cm³/mol. The van der Waals surface area contributed by atoms with Crippen molar-refractivity contribution in [3.63, 3.8) is 0 Å². The maximum absolute atomic E-state index is 4.59. The van der Waals surface area contributed by atoms with E-state index < -0.39 is 0 Å². The summed E-state index contributed by atoms with van der Waals surface area (Å²) in [5, 5.41) is 0. The summed E-state index contributed by atoms with van der Waals surface area (Å²) in [5.74, 6) is 0. The molecule has 1 aromatic heterocycles. The Morgan fingerprint density at radius 3 is 2.53 bits per heavy atom. The van der Waals surface area contributed by atoms with Crippen molar-refractivity contribution in [3.05, 3.63) is 29.6 Å². The van der Waals surface area contributed by atoms with Gasteiger partial charge in [-0.05, 0) is 25.5 Å². The minimum absolute atomic E-state index is 0.582. The second-order valence-electron chi connectivity index (χ2n) is 4.73. The molecule has 17 heavy (non-hydrogen) atoms. The van der Waals surface area contributed by atoms with E-state index in [1.807, 2.05) is 0 Å². The second-order valence-corrected chi connectivity index (χ2v) is 6.23. The Balaban J connectivity index is 2.19. The van der Waals surface area contributed by atoms with E-state index in [2.05, 4.69) is 59.6 Å². The monoisotopic (exact) mass is 345 g/mol. The van der Waals surface area contributed by atoms with Crippen molar-refractivity contribution in [2.24, 2.45) is 0 Å². The van der Waals surface area contributed by atoms with E-state index in [-0.39, 0.29) is 0 Å². The third-order valence-electron chi connectivity index (χ3n) is 3.04. The number of aromatic nitrogens is 1. The molecule has 96 valence electrons. The molecule has 0 N–H and O–H groups in total. The summed E-state index contributed by atoms with van der Waals surface area (Å²) in [4.78, 5) is 4.59. The molecule has 1 aromatic rings. The van der Waals surface area contributed by atoms with E-state index in [1.165, 1.54) is 50.6 Å². The van der Waals surface area contributed by atoms with Crippen molar-refractivity contribution in [3.8, 4) is 0 Å². The summed E-state index contributed by atoms with van der Waals surface area (Å²) in [6, 6.07) is 6.34. The van der Waals surface area contributed by atoms with E-state index in [0.29, 0.717) is 3.92 Å². The third-order valence-corrected chi connectivity index (χ3v) is 4.30. The number of nitrogens with zero attached hydrogens (tertiary/aromatic N) is 1. The molecule has 1 nitrogen and oxygen atoms in total. The predicted octanol–water partition coefficient (Wildman–Crippen LogP) is 5.62. The van der Waals surface area contributed by atoms with Crippen molar-refractivity contribution in [2.75, 3.05) is 0 Å². The molecular formula is C15H24IN. The molecule has 0 amide bonds. The van der Waals surface area contributed by atoms with Gasteiger partial charge in [0.15, 0.2) is 0 Å². The molecule has 1 unspecified atom stereocenters. The van der Waals surface area contributed by atoms with Crippen LogP contribution in [0, 0.1) is 6.92 Å². The topological polar surface area (TPSA) is 12.9 Å². The van der Waals surface area contributed by atoms with Gasteiger partial charge in [-0.25, -0.2) is 0 Å². The van der Waals surface area contributed by atoms with Gasteiger partial charge < -0.3 is 0 Å². The van der Waals surface area contributed by atoms with Crippen LogP contribution in [-0.4, -0.2) is 4.98 Å². The largest absolute Gasteiger partial charge is 0.257 e. The minimum atomic E-state index is 0.582. The van der Waals surface area contributed by atoms with E-state index in [4.69, 9.17) is 0 Å². The lowest BCUT2D eigenvalue weighted by Crippen LogP contribution is -1.95. The molecule has 0 spiro atoms. The maximum atomic E-state index is 4.59. The minimum Gasteiger partial charge on any atom is -0.257 e. The Kier molecular flexibility index (Phi) is 7.82. The summed E-state index contributed by atoms with van der Waals surface area (Å²) < 4.78 is 0.582. The highest BCUT2D eigenvalue weighted by atomic mass is 127. The number of unbranched alkanes of at least 4 members (excludes halogenated alkanes) is 5. The van der Waals surface area contributed by atoms with Gasteiger partial charge in [0, 0.05) is 5.69 Å². The molecule has 1 atom stereocenters. The normalized spacial score (nSPS) is 12.6. The van der Waals surface area contributed by atoms with E-state index in [1.54, 1.807) is 0 Å². The lowest BCUT2D eigenvalue weighted by molar-refractivity contribution is 0.588. The summed E-state index contributed by atoms with van der Waals surface area (Å²) in [5.41, 5.74) is 2.38. The standard InChI is InChI=1S/C15H24IN/c1-3-4-5-6-7-8-11-14(16)15-12-9-10-13(2)17-15/h9-10,12,14H,3-8,11H2,1-2H3. The summed E-state index contributed by atoms with van der Waals surface area (Å²) in [6.45, 7) is 4.34. The van der Waals surface area contributed by atoms with Crippen LogP contribution >= 0.6 is 22.6 Å². The van der Waals surface area contributed by atoms with Gasteiger partial charge in [-0.2, -0.15) is 0 Å². The molecule has 0 radical (unpaired) electrons. The van der Waals surface area contributed by atoms with Gasteiger partial charge in [0.05, 0.1) is 9.62 Å². The Labute approximate surface area is 120 Å². The van der Waals surface area contributed by atoms with Crippen LogP contribution in [0.15, 0.2) is 18.2 Å². The lowest BCUT2D eigenvalue weighted by Gasteiger charge is -2.09. The second kappa shape index (κ2) is 8.90. The number of pyridine rings is 1. The highest BCUT2D eigenvalue weighted by molar-refractivity contribution is 14.1. The van der Waals surface area contributed by atoms with Crippen LogP contribution in [0.2, 0.25) is 0 Å². The van der Waals surface area contributed by atoms with Crippen LogP contribution < -0.4 is 0 Å². The van der Waals surface area contributed by atoms with Crippen LogP contribution in [0.4, 0.5) is 0 Å². The quantitative estimate of drug-likeness (QED) is 0.339. The van der Waals surface area contributed by atoms with E-state index in [0.717, 1.165) is 5.69 Å². The molecule has 0 saturated carbocycles. The zero-order valence-corrected chi connectivity index (χ0v) is 13.2. The van der Waals surface area contributed by atoms with Crippen molar-refractivity contribution < 1.29 is 0 Å². The molecule has 0 saturated heterocycles. The zero-order valence-electron chi connectivity index (χ0n) is 11.1. The average Bonchev–Trinajstić information content (AvgIpc) is 2.33. The van der Waals surface area contributed by atoms with Gasteiger partial charge in [0.1, 0.15) is 0 Å². The first-order chi connectivity index (χ1) is 8.24. The SMILES string of the molecule is CCCCCCCCC(I)c1cccc(C)n1. The van der Waals surface area contributed by atoms with Crippen molar-refractivity contribution >= 4 is 22.6 Å². The van der Waals surface area contributed by atoms with E-state index in [9.17, 15) is 0 Å². The number of hydrogen-bond donors (Lipinski definition) is 0. The van der Waals surface area contributed by atoms with Crippen LogP contribution in [-0.2, 0) is 0 Å². The average molecular weight is 345 g/mol. The fraction of sp³-hybridized carbons (Fsp3) is 0.667.